The van der Waals surface area contributed by atoms with Crippen LogP contribution in [0, 0.1) is 0 Å². The fourth-order valence-corrected chi connectivity index (χ4v) is 3.39. The zero-order valence-electron chi connectivity index (χ0n) is 15.0. The molecule has 1 saturated heterocycles. The summed E-state index contributed by atoms with van der Waals surface area (Å²) >= 11 is 0. The number of hydrogen-bond acceptors (Lipinski definition) is 2. The second-order valence-electron chi connectivity index (χ2n) is 6.94. The smallest absolute Gasteiger partial charge is 0.279 e. The number of hydrogen-bond donors (Lipinski definition) is 2. The Hall–Kier alpha value is -2.33. The summed E-state index contributed by atoms with van der Waals surface area (Å²) in [4.78, 5) is 15.9. The van der Waals surface area contributed by atoms with Gasteiger partial charge < -0.3 is 15.1 Å². The first-order valence-electron chi connectivity index (χ1n) is 9.21. The summed E-state index contributed by atoms with van der Waals surface area (Å²) in [7, 11) is 2.05. The van der Waals surface area contributed by atoms with Gasteiger partial charge in [0.2, 0.25) is 0 Å². The van der Waals surface area contributed by atoms with E-state index in [9.17, 15) is 4.79 Å². The van der Waals surface area contributed by atoms with Gasteiger partial charge in [0.1, 0.15) is 6.54 Å². The summed E-state index contributed by atoms with van der Waals surface area (Å²) in [5, 5.41) is 3.01. The lowest BCUT2D eigenvalue weighted by Gasteiger charge is -2.28. The first kappa shape index (κ1) is 17.5. The van der Waals surface area contributed by atoms with Gasteiger partial charge in [-0.05, 0) is 43.5 Å². The largest absolute Gasteiger partial charge is 0.372 e. The monoisotopic (exact) mass is 338 g/mol. The van der Waals surface area contributed by atoms with E-state index >= 15 is 0 Å². The van der Waals surface area contributed by atoms with Crippen LogP contribution in [0.4, 0.5) is 11.4 Å². The van der Waals surface area contributed by atoms with Crippen molar-refractivity contribution >= 4 is 17.3 Å². The van der Waals surface area contributed by atoms with Crippen LogP contribution in [0.5, 0.6) is 0 Å². The second kappa shape index (κ2) is 8.67. The average Bonchev–Trinajstić information content (AvgIpc) is 2.63. The quantitative estimate of drug-likeness (QED) is 0.848. The number of nitrogens with zero attached hydrogens (tertiary/aromatic N) is 1. The molecule has 1 aliphatic heterocycles. The molecule has 1 fully saturated rings. The summed E-state index contributed by atoms with van der Waals surface area (Å²) in [5.41, 5.74) is 3.38. The van der Waals surface area contributed by atoms with Crippen molar-refractivity contribution in [1.82, 2.24) is 0 Å². The molecule has 1 unspecified atom stereocenters. The number of piperidine rings is 1. The van der Waals surface area contributed by atoms with Gasteiger partial charge in [-0.1, -0.05) is 30.3 Å². The van der Waals surface area contributed by atoms with Crippen molar-refractivity contribution in [2.24, 2.45) is 0 Å². The molecule has 1 amide bonds. The predicted octanol–water partition coefficient (Wildman–Crippen LogP) is 2.33. The Kier molecular flexibility index (Phi) is 6.07. The highest BCUT2D eigenvalue weighted by molar-refractivity contribution is 5.91. The zero-order valence-corrected chi connectivity index (χ0v) is 15.0. The van der Waals surface area contributed by atoms with Gasteiger partial charge in [-0.25, -0.2) is 0 Å². The number of carbonyl (C=O) groups is 1. The Morgan fingerprint density at radius 3 is 2.36 bits per heavy atom. The standard InChI is InChI=1S/C21H27N3O/c1-23(16-18-8-4-2-5-9-18)17-21(25)22-19-10-12-20(13-11-19)24-14-6-3-7-15-24/h2,4-5,8-13H,3,6-7,14-17H2,1H3,(H,22,25)/p+1. The average molecular weight is 338 g/mol. The van der Waals surface area contributed by atoms with Crippen LogP contribution in [0.2, 0.25) is 0 Å². The van der Waals surface area contributed by atoms with Crippen LogP contribution in [-0.4, -0.2) is 32.6 Å². The molecule has 2 aromatic carbocycles. The van der Waals surface area contributed by atoms with E-state index in [1.165, 1.54) is 35.4 Å². The number of anilines is 2. The molecule has 4 nitrogen and oxygen atoms in total. The number of quaternary nitrogens is 1. The molecule has 132 valence electrons. The number of rotatable bonds is 6. The van der Waals surface area contributed by atoms with E-state index in [-0.39, 0.29) is 5.91 Å². The molecule has 0 spiro atoms. The van der Waals surface area contributed by atoms with Crippen molar-refractivity contribution < 1.29 is 9.69 Å². The first-order valence-corrected chi connectivity index (χ1v) is 9.21. The van der Waals surface area contributed by atoms with E-state index < -0.39 is 0 Å². The highest BCUT2D eigenvalue weighted by atomic mass is 16.2. The maximum Gasteiger partial charge on any atom is 0.279 e. The number of nitrogens with one attached hydrogen (secondary N) is 2. The molecule has 0 aromatic heterocycles. The van der Waals surface area contributed by atoms with Crippen molar-refractivity contribution in [2.75, 3.05) is 36.9 Å². The van der Waals surface area contributed by atoms with Crippen LogP contribution in [-0.2, 0) is 11.3 Å². The Balaban J connectivity index is 1.48. The van der Waals surface area contributed by atoms with E-state index in [1.54, 1.807) is 0 Å². The Labute approximate surface area is 150 Å². The second-order valence-corrected chi connectivity index (χ2v) is 6.94. The predicted molar refractivity (Wildman–Crippen MR) is 103 cm³/mol. The summed E-state index contributed by atoms with van der Waals surface area (Å²) < 4.78 is 0. The first-order chi connectivity index (χ1) is 12.2. The zero-order chi connectivity index (χ0) is 17.5. The van der Waals surface area contributed by atoms with Crippen molar-refractivity contribution in [3.05, 3.63) is 60.2 Å². The Bertz CT molecular complexity index is 663. The minimum Gasteiger partial charge on any atom is -0.372 e. The Morgan fingerprint density at radius 1 is 1.00 bits per heavy atom. The summed E-state index contributed by atoms with van der Waals surface area (Å²) in [6, 6.07) is 18.5. The highest BCUT2D eigenvalue weighted by Gasteiger charge is 2.13. The topological polar surface area (TPSA) is 36.8 Å². The molecule has 0 saturated carbocycles. The van der Waals surface area contributed by atoms with Gasteiger partial charge in [0, 0.05) is 30.0 Å². The van der Waals surface area contributed by atoms with Crippen molar-refractivity contribution in [3.63, 3.8) is 0 Å². The van der Waals surface area contributed by atoms with Gasteiger partial charge in [-0.2, -0.15) is 0 Å². The molecule has 3 rings (SSSR count). The lowest BCUT2D eigenvalue weighted by molar-refractivity contribution is -0.885. The fraction of sp³-hybridized carbons (Fsp3) is 0.381. The minimum atomic E-state index is 0.0548. The Morgan fingerprint density at radius 2 is 1.68 bits per heavy atom. The molecule has 1 heterocycles. The summed E-state index contributed by atoms with van der Waals surface area (Å²) in [5.74, 6) is 0.0548. The van der Waals surface area contributed by atoms with E-state index in [0.717, 1.165) is 25.3 Å². The van der Waals surface area contributed by atoms with E-state index in [0.29, 0.717) is 6.54 Å². The van der Waals surface area contributed by atoms with E-state index in [2.05, 4.69) is 34.5 Å². The van der Waals surface area contributed by atoms with Crippen LogP contribution in [0.1, 0.15) is 24.8 Å². The van der Waals surface area contributed by atoms with Crippen LogP contribution in [0.3, 0.4) is 0 Å². The molecular formula is C21H28N3O+. The highest BCUT2D eigenvalue weighted by Crippen LogP contribution is 2.21. The van der Waals surface area contributed by atoms with Crippen molar-refractivity contribution in [1.29, 1.82) is 0 Å². The number of benzene rings is 2. The lowest BCUT2D eigenvalue weighted by atomic mass is 10.1. The minimum absolute atomic E-state index is 0.0548. The fourth-order valence-electron chi connectivity index (χ4n) is 3.39. The molecule has 1 atom stereocenters. The SMILES string of the molecule is C[NH+](CC(=O)Nc1ccc(N2CCCCC2)cc1)Cc1ccccc1. The molecule has 2 N–H and O–H groups in total. The normalized spacial score (nSPS) is 15.6. The van der Waals surface area contributed by atoms with Crippen molar-refractivity contribution in [2.45, 2.75) is 25.8 Å². The van der Waals surface area contributed by atoms with Gasteiger partial charge in [0.25, 0.3) is 5.91 Å². The molecular weight excluding hydrogens is 310 g/mol. The van der Waals surface area contributed by atoms with Crippen LogP contribution in [0.15, 0.2) is 54.6 Å². The van der Waals surface area contributed by atoms with Gasteiger partial charge >= 0.3 is 0 Å². The lowest BCUT2D eigenvalue weighted by Crippen LogP contribution is -3.08. The molecule has 2 aromatic rings. The van der Waals surface area contributed by atoms with Gasteiger partial charge in [-0.3, -0.25) is 4.79 Å². The maximum atomic E-state index is 12.3. The third-order valence-electron chi connectivity index (χ3n) is 4.68. The van der Waals surface area contributed by atoms with Crippen LogP contribution >= 0.6 is 0 Å². The molecule has 0 bridgehead atoms. The summed E-state index contributed by atoms with van der Waals surface area (Å²) in [6.45, 7) is 3.59. The van der Waals surface area contributed by atoms with Gasteiger partial charge in [0.05, 0.1) is 7.05 Å². The van der Waals surface area contributed by atoms with Crippen LogP contribution in [0.25, 0.3) is 0 Å². The van der Waals surface area contributed by atoms with Crippen molar-refractivity contribution in [3.8, 4) is 0 Å². The van der Waals surface area contributed by atoms with Gasteiger partial charge in [-0.15, -0.1) is 0 Å². The number of likely N-dealkylation sites (N-methyl/N-ethyl adjacent to an activating group) is 1. The maximum absolute atomic E-state index is 12.3. The molecule has 0 aliphatic carbocycles. The number of amides is 1. The summed E-state index contributed by atoms with van der Waals surface area (Å²) in [6.07, 6.45) is 3.88. The molecule has 4 heteroatoms. The van der Waals surface area contributed by atoms with E-state index in [4.69, 9.17) is 0 Å². The molecule has 1 aliphatic rings. The number of carbonyl (C=O) groups excluding carboxylic acids is 1. The third kappa shape index (κ3) is 5.33. The van der Waals surface area contributed by atoms with Gasteiger partial charge in [0.15, 0.2) is 6.54 Å². The van der Waals surface area contributed by atoms with E-state index in [1.807, 2.05) is 37.4 Å². The third-order valence-corrected chi connectivity index (χ3v) is 4.68. The van der Waals surface area contributed by atoms with Crippen LogP contribution < -0.4 is 15.1 Å². The molecule has 0 radical (unpaired) electrons. The molecule has 25 heavy (non-hydrogen) atoms.